The van der Waals surface area contributed by atoms with Gasteiger partial charge in [-0.1, -0.05) is 13.0 Å². The molecule has 0 radical (unpaired) electrons. The second-order valence-corrected chi connectivity index (χ2v) is 4.63. The zero-order valence-corrected chi connectivity index (χ0v) is 10.5. The van der Waals surface area contributed by atoms with Crippen LogP contribution in [0.4, 0.5) is 5.69 Å². The molecule has 0 saturated heterocycles. The third-order valence-corrected chi connectivity index (χ3v) is 3.14. The zero-order chi connectivity index (χ0) is 11.4. The summed E-state index contributed by atoms with van der Waals surface area (Å²) in [5.41, 5.74) is 4.08. The van der Waals surface area contributed by atoms with Crippen LogP contribution in [0.2, 0.25) is 0 Å². The Balaban J connectivity index is 1.97. The van der Waals surface area contributed by atoms with E-state index in [0.29, 0.717) is 0 Å². The van der Waals surface area contributed by atoms with Gasteiger partial charge in [-0.3, -0.25) is 0 Å². The SMILES string of the molecule is CCCNC(=S)Nc1ccc2c(c1)CCC2. The third kappa shape index (κ3) is 2.73. The van der Waals surface area contributed by atoms with E-state index in [1.807, 2.05) is 0 Å². The molecule has 0 amide bonds. The van der Waals surface area contributed by atoms with Crippen LogP contribution in [0.5, 0.6) is 0 Å². The van der Waals surface area contributed by atoms with Crippen LogP contribution in [0.3, 0.4) is 0 Å². The van der Waals surface area contributed by atoms with E-state index in [4.69, 9.17) is 12.2 Å². The Morgan fingerprint density at radius 3 is 2.94 bits per heavy atom. The van der Waals surface area contributed by atoms with Crippen molar-refractivity contribution in [3.63, 3.8) is 0 Å². The number of rotatable bonds is 3. The molecule has 0 spiro atoms. The van der Waals surface area contributed by atoms with E-state index in [9.17, 15) is 0 Å². The molecule has 1 aromatic rings. The number of nitrogens with one attached hydrogen (secondary N) is 2. The van der Waals surface area contributed by atoms with Gasteiger partial charge in [0, 0.05) is 12.2 Å². The van der Waals surface area contributed by atoms with Crippen molar-refractivity contribution in [2.75, 3.05) is 11.9 Å². The van der Waals surface area contributed by atoms with Crippen LogP contribution in [-0.2, 0) is 12.8 Å². The fourth-order valence-electron chi connectivity index (χ4n) is 2.06. The molecule has 2 rings (SSSR count). The minimum Gasteiger partial charge on any atom is -0.362 e. The molecular weight excluding hydrogens is 216 g/mol. The van der Waals surface area contributed by atoms with Crippen LogP contribution in [0.15, 0.2) is 18.2 Å². The molecule has 0 aliphatic heterocycles. The summed E-state index contributed by atoms with van der Waals surface area (Å²) in [6.07, 6.45) is 4.82. The number of aryl methyl sites for hydroxylation is 2. The Hall–Kier alpha value is -1.09. The highest BCUT2D eigenvalue weighted by molar-refractivity contribution is 7.80. The highest BCUT2D eigenvalue weighted by atomic mass is 32.1. The number of hydrogen-bond acceptors (Lipinski definition) is 1. The largest absolute Gasteiger partial charge is 0.362 e. The number of thiocarbonyl (C=S) groups is 1. The lowest BCUT2D eigenvalue weighted by Crippen LogP contribution is -2.28. The van der Waals surface area contributed by atoms with Gasteiger partial charge in [0.1, 0.15) is 0 Å². The van der Waals surface area contributed by atoms with Crippen LogP contribution < -0.4 is 10.6 Å². The summed E-state index contributed by atoms with van der Waals surface area (Å²) in [6.45, 7) is 3.06. The van der Waals surface area contributed by atoms with Crippen molar-refractivity contribution < 1.29 is 0 Å². The second-order valence-electron chi connectivity index (χ2n) is 4.22. The van der Waals surface area contributed by atoms with Gasteiger partial charge in [0.05, 0.1) is 0 Å². The van der Waals surface area contributed by atoms with Gasteiger partial charge in [-0.15, -0.1) is 0 Å². The molecule has 0 unspecified atom stereocenters. The summed E-state index contributed by atoms with van der Waals surface area (Å²) in [7, 11) is 0. The standard InChI is InChI=1S/C13H18N2S/c1-2-8-14-13(16)15-12-7-6-10-4-3-5-11(10)9-12/h6-7,9H,2-5,8H2,1H3,(H2,14,15,16). The second kappa shape index (κ2) is 5.30. The molecule has 0 saturated carbocycles. The summed E-state index contributed by atoms with van der Waals surface area (Å²) >= 11 is 5.21. The molecular formula is C13H18N2S. The first-order chi connectivity index (χ1) is 7.79. The van der Waals surface area contributed by atoms with Crippen LogP contribution in [-0.4, -0.2) is 11.7 Å². The fourth-order valence-corrected chi connectivity index (χ4v) is 2.28. The molecule has 0 bridgehead atoms. The van der Waals surface area contributed by atoms with Crippen LogP contribution in [0, 0.1) is 0 Å². The average molecular weight is 234 g/mol. The first kappa shape index (κ1) is 11.4. The molecule has 0 heterocycles. The molecule has 1 aliphatic carbocycles. The van der Waals surface area contributed by atoms with Gasteiger partial charge >= 0.3 is 0 Å². The van der Waals surface area contributed by atoms with E-state index in [1.165, 1.54) is 30.4 Å². The van der Waals surface area contributed by atoms with E-state index in [0.717, 1.165) is 23.8 Å². The molecule has 0 fully saturated rings. The highest BCUT2D eigenvalue weighted by Crippen LogP contribution is 2.24. The smallest absolute Gasteiger partial charge is 0.170 e. The lowest BCUT2D eigenvalue weighted by Gasteiger charge is -2.10. The quantitative estimate of drug-likeness (QED) is 0.786. The molecule has 0 aromatic heterocycles. The van der Waals surface area contributed by atoms with Crippen LogP contribution in [0.1, 0.15) is 30.9 Å². The Morgan fingerprint density at radius 1 is 1.31 bits per heavy atom. The normalized spacial score (nSPS) is 13.3. The average Bonchev–Trinajstić information content (AvgIpc) is 2.73. The number of anilines is 1. The lowest BCUT2D eigenvalue weighted by atomic mass is 10.1. The fraction of sp³-hybridized carbons (Fsp3) is 0.462. The van der Waals surface area contributed by atoms with Crippen molar-refractivity contribution in [1.29, 1.82) is 0 Å². The molecule has 16 heavy (non-hydrogen) atoms. The molecule has 2 N–H and O–H groups in total. The maximum atomic E-state index is 5.21. The third-order valence-electron chi connectivity index (χ3n) is 2.89. The van der Waals surface area contributed by atoms with Crippen molar-refractivity contribution in [2.45, 2.75) is 32.6 Å². The molecule has 2 nitrogen and oxygen atoms in total. The maximum Gasteiger partial charge on any atom is 0.170 e. The molecule has 3 heteroatoms. The minimum absolute atomic E-state index is 0.722. The van der Waals surface area contributed by atoms with E-state index < -0.39 is 0 Å². The molecule has 1 aliphatic rings. The van der Waals surface area contributed by atoms with E-state index in [2.05, 4.69) is 35.8 Å². The molecule has 1 aromatic carbocycles. The van der Waals surface area contributed by atoms with Gasteiger partial charge < -0.3 is 10.6 Å². The lowest BCUT2D eigenvalue weighted by molar-refractivity contribution is 0.846. The van der Waals surface area contributed by atoms with Crippen molar-refractivity contribution >= 4 is 23.0 Å². The van der Waals surface area contributed by atoms with E-state index in [1.54, 1.807) is 0 Å². The summed E-state index contributed by atoms with van der Waals surface area (Å²) in [5, 5.41) is 7.12. The summed E-state index contributed by atoms with van der Waals surface area (Å²) in [4.78, 5) is 0. The van der Waals surface area contributed by atoms with Gasteiger partial charge in [0.2, 0.25) is 0 Å². The van der Waals surface area contributed by atoms with Gasteiger partial charge in [0.15, 0.2) is 5.11 Å². The van der Waals surface area contributed by atoms with Crippen molar-refractivity contribution in [1.82, 2.24) is 5.32 Å². The van der Waals surface area contributed by atoms with Crippen LogP contribution in [0.25, 0.3) is 0 Å². The Kier molecular flexibility index (Phi) is 3.78. The molecule has 0 atom stereocenters. The van der Waals surface area contributed by atoms with Crippen molar-refractivity contribution in [2.24, 2.45) is 0 Å². The topological polar surface area (TPSA) is 24.1 Å². The van der Waals surface area contributed by atoms with Gasteiger partial charge in [0.25, 0.3) is 0 Å². The predicted molar refractivity (Wildman–Crippen MR) is 73.0 cm³/mol. The minimum atomic E-state index is 0.722. The van der Waals surface area contributed by atoms with Crippen LogP contribution >= 0.6 is 12.2 Å². The van der Waals surface area contributed by atoms with Crippen molar-refractivity contribution in [3.05, 3.63) is 29.3 Å². The maximum absolute atomic E-state index is 5.21. The number of fused-ring (bicyclic) bond motifs is 1. The summed E-state index contributed by atoms with van der Waals surface area (Å²) < 4.78 is 0. The van der Waals surface area contributed by atoms with Crippen molar-refractivity contribution in [3.8, 4) is 0 Å². The van der Waals surface area contributed by atoms with Gasteiger partial charge in [-0.25, -0.2) is 0 Å². The Morgan fingerprint density at radius 2 is 2.12 bits per heavy atom. The Labute approximate surface area is 102 Å². The summed E-state index contributed by atoms with van der Waals surface area (Å²) in [6, 6.07) is 6.55. The first-order valence-corrected chi connectivity index (χ1v) is 6.37. The highest BCUT2D eigenvalue weighted by Gasteiger charge is 2.10. The van der Waals surface area contributed by atoms with Gasteiger partial charge in [-0.2, -0.15) is 0 Å². The monoisotopic (exact) mass is 234 g/mol. The summed E-state index contributed by atoms with van der Waals surface area (Å²) in [5.74, 6) is 0. The zero-order valence-electron chi connectivity index (χ0n) is 9.68. The Bertz CT molecular complexity index is 388. The molecule has 86 valence electrons. The van der Waals surface area contributed by atoms with E-state index in [-0.39, 0.29) is 0 Å². The van der Waals surface area contributed by atoms with E-state index >= 15 is 0 Å². The number of hydrogen-bond donors (Lipinski definition) is 2. The first-order valence-electron chi connectivity index (χ1n) is 5.96. The van der Waals surface area contributed by atoms with Gasteiger partial charge in [-0.05, 0) is 61.2 Å². The number of benzene rings is 1. The predicted octanol–water partition coefficient (Wildman–Crippen LogP) is 2.87.